The first kappa shape index (κ1) is 21.6. The van der Waals surface area contributed by atoms with E-state index in [1.807, 2.05) is 57.2 Å². The average Bonchev–Trinajstić information content (AvgIpc) is 2.75. The molecule has 2 heterocycles. The Morgan fingerprint density at radius 1 is 1.16 bits per heavy atom. The lowest BCUT2D eigenvalue weighted by Gasteiger charge is -2.34. The third-order valence-corrected chi connectivity index (χ3v) is 5.24. The van der Waals surface area contributed by atoms with Crippen molar-refractivity contribution in [3.63, 3.8) is 0 Å². The molecular weight excluding hydrogens is 410 g/mol. The fourth-order valence-electron chi connectivity index (χ4n) is 3.90. The van der Waals surface area contributed by atoms with Gasteiger partial charge in [-0.1, -0.05) is 35.5 Å². The summed E-state index contributed by atoms with van der Waals surface area (Å²) in [6.45, 7) is 7.48. The zero-order valence-corrected chi connectivity index (χ0v) is 18.6. The van der Waals surface area contributed by atoms with Crippen LogP contribution in [0.4, 0.5) is 0 Å². The van der Waals surface area contributed by atoms with Gasteiger partial charge >= 0.3 is 11.6 Å². The van der Waals surface area contributed by atoms with Crippen LogP contribution in [-0.2, 0) is 14.4 Å². The van der Waals surface area contributed by atoms with Crippen molar-refractivity contribution < 1.29 is 23.5 Å². The Hall–Kier alpha value is -3.61. The van der Waals surface area contributed by atoms with Crippen LogP contribution in [0.2, 0.25) is 0 Å². The van der Waals surface area contributed by atoms with Crippen LogP contribution in [0.3, 0.4) is 0 Å². The maximum Gasteiger partial charge on any atom is 0.347 e. The van der Waals surface area contributed by atoms with Crippen LogP contribution < -0.4 is 10.4 Å². The molecule has 166 valence electrons. The normalized spacial score (nSPS) is 15.8. The number of carbonyl (C=O) groups excluding carboxylic acids is 1. The highest BCUT2D eigenvalue weighted by Crippen LogP contribution is 2.41. The van der Waals surface area contributed by atoms with E-state index in [2.05, 4.69) is 5.16 Å². The number of nitrogens with zero attached hydrogens (tertiary/aromatic N) is 1. The number of aryl methyl sites for hydroxylation is 1. The van der Waals surface area contributed by atoms with Gasteiger partial charge in [-0.25, -0.2) is 9.59 Å². The van der Waals surface area contributed by atoms with Crippen molar-refractivity contribution in [3.05, 3.63) is 64.0 Å². The predicted molar refractivity (Wildman–Crippen MR) is 121 cm³/mol. The Labute approximate surface area is 185 Å². The predicted octanol–water partition coefficient (Wildman–Crippen LogP) is 4.61. The van der Waals surface area contributed by atoms with Crippen molar-refractivity contribution in [3.8, 4) is 16.9 Å². The molecule has 0 amide bonds. The van der Waals surface area contributed by atoms with Gasteiger partial charge in [0.15, 0.2) is 0 Å². The van der Waals surface area contributed by atoms with Crippen molar-refractivity contribution in [2.24, 2.45) is 5.16 Å². The highest BCUT2D eigenvalue weighted by molar-refractivity contribution is 6.09. The number of hydrogen-bond acceptors (Lipinski definition) is 7. The molecule has 0 N–H and O–H groups in total. The van der Waals surface area contributed by atoms with Crippen LogP contribution in [0.1, 0.15) is 38.3 Å². The Balaban J connectivity index is 1.88. The fraction of sp³-hybridized carbons (Fsp3) is 0.320. The summed E-state index contributed by atoms with van der Waals surface area (Å²) in [6.07, 6.45) is 0.477. The lowest BCUT2D eigenvalue weighted by Crippen LogP contribution is -2.37. The minimum atomic E-state index is -0.561. The first-order valence-corrected chi connectivity index (χ1v) is 10.5. The van der Waals surface area contributed by atoms with Crippen LogP contribution in [0.25, 0.3) is 22.1 Å². The van der Waals surface area contributed by atoms with Gasteiger partial charge in [0, 0.05) is 29.0 Å². The molecule has 0 spiro atoms. The third kappa shape index (κ3) is 4.23. The molecule has 1 aliphatic rings. The quantitative estimate of drug-likeness (QED) is 0.330. The molecule has 0 unspecified atom stereocenters. The van der Waals surface area contributed by atoms with E-state index in [0.717, 1.165) is 22.1 Å². The molecule has 1 aliphatic heterocycles. The maximum atomic E-state index is 12.4. The topological polar surface area (TPSA) is 87.3 Å². The van der Waals surface area contributed by atoms with Crippen molar-refractivity contribution in [1.82, 2.24) is 0 Å². The molecule has 7 nitrogen and oxygen atoms in total. The van der Waals surface area contributed by atoms with E-state index < -0.39 is 17.2 Å². The number of benzene rings is 2. The minimum absolute atomic E-state index is 0.273. The molecule has 0 fully saturated rings. The molecule has 0 aliphatic carbocycles. The Morgan fingerprint density at radius 2 is 1.91 bits per heavy atom. The average molecular weight is 435 g/mol. The smallest absolute Gasteiger partial charge is 0.347 e. The van der Waals surface area contributed by atoms with E-state index in [4.69, 9.17) is 18.7 Å². The van der Waals surface area contributed by atoms with Gasteiger partial charge in [-0.05, 0) is 44.9 Å². The molecule has 4 rings (SSSR count). The summed E-state index contributed by atoms with van der Waals surface area (Å²) in [5, 5.41) is 5.03. The molecule has 32 heavy (non-hydrogen) atoms. The molecule has 0 atom stereocenters. The Bertz CT molecular complexity index is 1260. The van der Waals surface area contributed by atoms with E-state index in [0.29, 0.717) is 29.0 Å². The van der Waals surface area contributed by atoms with Crippen molar-refractivity contribution in [2.75, 3.05) is 13.2 Å². The standard InChI is InChI=1S/C25H25NO6/c1-5-29-22(28)14-30-26-20-13-25(3,4)32-24-15(2)23-18(11-19(20)24)17(12-21(27)31-23)16-9-7-6-8-10-16/h6-12H,5,13-14H2,1-4H3. The Morgan fingerprint density at radius 3 is 2.62 bits per heavy atom. The summed E-state index contributed by atoms with van der Waals surface area (Å²) in [5.74, 6) is 0.104. The first-order chi connectivity index (χ1) is 15.3. The van der Waals surface area contributed by atoms with E-state index in [1.54, 1.807) is 6.92 Å². The first-order valence-electron chi connectivity index (χ1n) is 10.5. The van der Waals surface area contributed by atoms with E-state index in [1.165, 1.54) is 6.07 Å². The second kappa shape index (κ2) is 8.49. The van der Waals surface area contributed by atoms with E-state index in [9.17, 15) is 9.59 Å². The summed E-state index contributed by atoms with van der Waals surface area (Å²) in [5.41, 5.74) is 3.24. The number of carbonyl (C=O) groups is 1. The second-order valence-corrected chi connectivity index (χ2v) is 8.26. The fourth-order valence-corrected chi connectivity index (χ4v) is 3.90. The van der Waals surface area contributed by atoms with Gasteiger partial charge in [0.05, 0.1) is 12.3 Å². The molecule has 7 heteroatoms. The molecule has 0 radical (unpaired) electrons. The van der Waals surface area contributed by atoms with Gasteiger partial charge in [0.2, 0.25) is 6.61 Å². The van der Waals surface area contributed by atoms with Crippen LogP contribution in [0, 0.1) is 6.92 Å². The SMILES string of the molecule is CCOC(=O)CON=C1CC(C)(C)Oc2c1cc1c(-c3ccccc3)cc(=O)oc1c2C. The summed E-state index contributed by atoms with van der Waals surface area (Å²) in [4.78, 5) is 29.3. The summed E-state index contributed by atoms with van der Waals surface area (Å²) in [6, 6.07) is 13.0. The lowest BCUT2D eigenvalue weighted by atomic mass is 9.88. The molecule has 2 aromatic carbocycles. The Kier molecular flexibility index (Phi) is 5.74. The second-order valence-electron chi connectivity index (χ2n) is 8.26. The van der Waals surface area contributed by atoms with Gasteiger partial charge in [-0.15, -0.1) is 0 Å². The zero-order chi connectivity index (χ0) is 22.9. The van der Waals surface area contributed by atoms with Crippen LogP contribution in [0.15, 0.2) is 56.8 Å². The van der Waals surface area contributed by atoms with Gasteiger partial charge in [-0.3, -0.25) is 0 Å². The number of ether oxygens (including phenoxy) is 2. The number of rotatable bonds is 5. The summed E-state index contributed by atoms with van der Waals surface area (Å²) < 4.78 is 16.7. The lowest BCUT2D eigenvalue weighted by molar-refractivity contribution is -0.148. The van der Waals surface area contributed by atoms with Crippen molar-refractivity contribution >= 4 is 22.7 Å². The molecule has 0 bridgehead atoms. The van der Waals surface area contributed by atoms with Crippen molar-refractivity contribution in [1.29, 1.82) is 0 Å². The van der Waals surface area contributed by atoms with Crippen molar-refractivity contribution in [2.45, 2.75) is 39.7 Å². The highest BCUT2D eigenvalue weighted by Gasteiger charge is 2.34. The summed E-state index contributed by atoms with van der Waals surface area (Å²) >= 11 is 0. The van der Waals surface area contributed by atoms with Gasteiger partial charge in [-0.2, -0.15) is 0 Å². The van der Waals surface area contributed by atoms with Gasteiger partial charge < -0.3 is 18.7 Å². The third-order valence-electron chi connectivity index (χ3n) is 5.24. The zero-order valence-electron chi connectivity index (χ0n) is 18.6. The van der Waals surface area contributed by atoms with Crippen LogP contribution in [0.5, 0.6) is 5.75 Å². The van der Waals surface area contributed by atoms with Gasteiger partial charge in [0.25, 0.3) is 0 Å². The molecule has 0 saturated carbocycles. The largest absolute Gasteiger partial charge is 0.486 e. The highest BCUT2D eigenvalue weighted by atomic mass is 16.7. The number of esters is 1. The molecule has 0 saturated heterocycles. The van der Waals surface area contributed by atoms with E-state index >= 15 is 0 Å². The minimum Gasteiger partial charge on any atom is -0.486 e. The number of hydrogen-bond donors (Lipinski definition) is 0. The molecular formula is C25H25NO6. The van der Waals surface area contributed by atoms with Crippen LogP contribution in [-0.4, -0.2) is 30.5 Å². The maximum absolute atomic E-state index is 12.4. The molecule has 1 aromatic heterocycles. The van der Waals surface area contributed by atoms with Gasteiger partial charge in [0.1, 0.15) is 16.9 Å². The molecule has 3 aromatic rings. The van der Waals surface area contributed by atoms with Crippen LogP contribution >= 0.6 is 0 Å². The monoisotopic (exact) mass is 435 g/mol. The number of fused-ring (bicyclic) bond motifs is 2. The summed E-state index contributed by atoms with van der Waals surface area (Å²) in [7, 11) is 0. The van der Waals surface area contributed by atoms with E-state index in [-0.39, 0.29) is 13.2 Å². The number of oxime groups is 1.